The largest absolute Gasteiger partial charge is 0.455 e. The fraction of sp³-hybridized carbons (Fsp3) is 0.290. The number of hydrogen-bond donors (Lipinski definition) is 1. The molecule has 1 atom stereocenters. The van der Waals surface area contributed by atoms with Crippen LogP contribution in [0.25, 0.3) is 32.5 Å². The van der Waals surface area contributed by atoms with Crippen LogP contribution in [-0.2, 0) is 17.1 Å². The summed E-state index contributed by atoms with van der Waals surface area (Å²) in [6.45, 7) is 0.962. The number of anilines is 1. The number of aromatic nitrogens is 1. The number of likely N-dealkylation sites (tertiary alicyclic amines) is 1. The minimum Gasteiger partial charge on any atom is -0.455 e. The number of carbonyl (C=O) groups excluding carboxylic acids is 2. The lowest BCUT2D eigenvalue weighted by Gasteiger charge is -2.35. The van der Waals surface area contributed by atoms with Gasteiger partial charge < -0.3 is 19.2 Å². The molecule has 0 aliphatic carbocycles. The smallest absolute Gasteiger partial charge is 0.270 e. The van der Waals surface area contributed by atoms with Gasteiger partial charge in [-0.15, -0.1) is 11.3 Å². The molecule has 0 spiro atoms. The molecule has 1 aliphatic heterocycles. The number of aryl methyl sites for hydroxylation is 1. The van der Waals surface area contributed by atoms with E-state index in [-0.39, 0.29) is 23.1 Å². The Hall–Kier alpha value is -4.16. The number of rotatable bonds is 6. The Bertz CT molecular complexity index is 1990. The standard InChI is InChI=1S/C31H31FN4O5S2/c1-33-30(37)28-22-14-21(19-6-5-12-36(17-19)31(38)25-16-27-23(34(25)2)11-13-42-27)24(35(3)43(4,39)40)15-26(22)41-29(28)18-7-9-20(32)10-8-18/h7-11,13-16,19H,5-6,12,17H2,1-4H3,(H,33,37)/t19-/m1/s1. The number of hydrogen-bond acceptors (Lipinski definition) is 6. The van der Waals surface area contributed by atoms with E-state index in [1.165, 1.54) is 42.7 Å². The molecule has 3 aromatic heterocycles. The molecule has 9 nitrogen and oxygen atoms in total. The second kappa shape index (κ2) is 10.8. The molecule has 0 unspecified atom stereocenters. The minimum atomic E-state index is -3.67. The molecule has 6 rings (SSSR count). The molecule has 1 saturated heterocycles. The number of piperidine rings is 1. The van der Waals surface area contributed by atoms with E-state index in [1.807, 2.05) is 40.1 Å². The summed E-state index contributed by atoms with van der Waals surface area (Å²) in [5.41, 5.74) is 3.81. The van der Waals surface area contributed by atoms with Crippen LogP contribution >= 0.6 is 11.3 Å². The predicted octanol–water partition coefficient (Wildman–Crippen LogP) is 5.57. The summed E-state index contributed by atoms with van der Waals surface area (Å²) < 4.78 is 49.6. The summed E-state index contributed by atoms with van der Waals surface area (Å²) >= 11 is 1.58. The van der Waals surface area contributed by atoms with Crippen molar-refractivity contribution in [1.29, 1.82) is 0 Å². The number of sulfonamides is 1. The van der Waals surface area contributed by atoms with E-state index < -0.39 is 21.7 Å². The first-order valence-corrected chi connectivity index (χ1v) is 16.5. The number of furan rings is 1. The van der Waals surface area contributed by atoms with Crippen molar-refractivity contribution in [2.45, 2.75) is 18.8 Å². The number of halogens is 1. The maximum absolute atomic E-state index is 13.7. The third-order valence-corrected chi connectivity index (χ3v) is 10.3. The van der Waals surface area contributed by atoms with Crippen LogP contribution in [0.2, 0.25) is 0 Å². The van der Waals surface area contributed by atoms with Gasteiger partial charge in [-0.25, -0.2) is 12.8 Å². The zero-order chi connectivity index (χ0) is 30.6. The van der Waals surface area contributed by atoms with E-state index in [1.54, 1.807) is 17.4 Å². The topological polar surface area (TPSA) is 105 Å². The van der Waals surface area contributed by atoms with Gasteiger partial charge in [0.15, 0.2) is 0 Å². The number of amides is 2. The van der Waals surface area contributed by atoms with E-state index in [0.29, 0.717) is 46.6 Å². The summed E-state index contributed by atoms with van der Waals surface area (Å²) in [7, 11) is 1.21. The summed E-state index contributed by atoms with van der Waals surface area (Å²) in [5, 5.41) is 5.16. The van der Waals surface area contributed by atoms with Gasteiger partial charge in [0.1, 0.15) is 22.9 Å². The van der Waals surface area contributed by atoms with Gasteiger partial charge in [0.25, 0.3) is 11.8 Å². The lowest BCUT2D eigenvalue weighted by atomic mass is 9.88. The van der Waals surface area contributed by atoms with Crippen LogP contribution in [0.1, 0.15) is 45.2 Å². The fourth-order valence-electron chi connectivity index (χ4n) is 5.92. The van der Waals surface area contributed by atoms with Gasteiger partial charge in [-0.1, -0.05) is 0 Å². The maximum Gasteiger partial charge on any atom is 0.270 e. The van der Waals surface area contributed by atoms with Crippen molar-refractivity contribution < 1.29 is 26.8 Å². The number of nitrogens with one attached hydrogen (secondary N) is 1. The number of carbonyl (C=O) groups is 2. The summed E-state index contributed by atoms with van der Waals surface area (Å²) in [5.74, 6) is -0.847. The normalized spacial score (nSPS) is 15.7. The Morgan fingerprint density at radius 2 is 1.88 bits per heavy atom. The molecule has 5 aromatic rings. The molecule has 2 amide bonds. The van der Waals surface area contributed by atoms with Crippen molar-refractivity contribution in [2.24, 2.45) is 7.05 Å². The third kappa shape index (κ3) is 5.08. The number of benzene rings is 2. The zero-order valence-electron chi connectivity index (χ0n) is 24.2. The molecule has 1 N–H and O–H groups in total. The molecule has 224 valence electrons. The molecular weight excluding hydrogens is 591 g/mol. The highest BCUT2D eigenvalue weighted by molar-refractivity contribution is 7.92. The molecule has 0 bridgehead atoms. The van der Waals surface area contributed by atoms with Gasteiger partial charge in [-0.2, -0.15) is 0 Å². The van der Waals surface area contributed by atoms with Gasteiger partial charge in [-0.05, 0) is 66.2 Å². The van der Waals surface area contributed by atoms with Crippen LogP contribution in [0.15, 0.2) is 58.3 Å². The first kappa shape index (κ1) is 28.9. The average molecular weight is 623 g/mol. The minimum absolute atomic E-state index is 0.0809. The van der Waals surface area contributed by atoms with Crippen LogP contribution in [0.4, 0.5) is 10.1 Å². The second-order valence-electron chi connectivity index (χ2n) is 10.9. The van der Waals surface area contributed by atoms with Gasteiger partial charge in [0, 0.05) is 57.2 Å². The van der Waals surface area contributed by atoms with Gasteiger partial charge in [-0.3, -0.25) is 13.9 Å². The number of thiophene rings is 1. The first-order valence-electron chi connectivity index (χ1n) is 13.8. The Balaban J connectivity index is 1.47. The van der Waals surface area contributed by atoms with Crippen LogP contribution in [0.5, 0.6) is 0 Å². The van der Waals surface area contributed by atoms with Crippen molar-refractivity contribution >= 4 is 60.0 Å². The molecule has 43 heavy (non-hydrogen) atoms. The SMILES string of the molecule is CNC(=O)c1c(-c2ccc(F)cc2)oc2cc(N(C)S(C)(=O)=O)c([C@@H]3CCCN(C(=O)c4cc5sccc5n4C)C3)cc12. The molecule has 0 saturated carbocycles. The second-order valence-corrected chi connectivity index (χ2v) is 13.8. The monoisotopic (exact) mass is 622 g/mol. The summed E-state index contributed by atoms with van der Waals surface area (Å²) in [4.78, 5) is 28.7. The lowest BCUT2D eigenvalue weighted by molar-refractivity contribution is 0.0698. The van der Waals surface area contributed by atoms with E-state index >= 15 is 0 Å². The van der Waals surface area contributed by atoms with E-state index in [9.17, 15) is 22.4 Å². The third-order valence-electron chi connectivity index (χ3n) is 8.27. The van der Waals surface area contributed by atoms with Crippen molar-refractivity contribution in [3.05, 3.63) is 76.5 Å². The highest BCUT2D eigenvalue weighted by atomic mass is 32.2. The quantitative estimate of drug-likeness (QED) is 0.267. The molecule has 4 heterocycles. The van der Waals surface area contributed by atoms with Crippen LogP contribution in [0.3, 0.4) is 0 Å². The predicted molar refractivity (Wildman–Crippen MR) is 167 cm³/mol. The van der Waals surface area contributed by atoms with Crippen molar-refractivity contribution in [2.75, 3.05) is 37.7 Å². The zero-order valence-corrected chi connectivity index (χ0v) is 25.8. The van der Waals surface area contributed by atoms with Crippen molar-refractivity contribution in [3.8, 4) is 11.3 Å². The molecule has 1 aliphatic rings. The molecular formula is C31H31FN4O5S2. The highest BCUT2D eigenvalue weighted by Gasteiger charge is 2.32. The van der Waals surface area contributed by atoms with Crippen LogP contribution in [-0.4, -0.2) is 63.1 Å². The van der Waals surface area contributed by atoms with E-state index in [2.05, 4.69) is 5.32 Å². The van der Waals surface area contributed by atoms with Crippen molar-refractivity contribution in [3.63, 3.8) is 0 Å². The van der Waals surface area contributed by atoms with Gasteiger partial charge >= 0.3 is 0 Å². The van der Waals surface area contributed by atoms with Crippen LogP contribution < -0.4 is 9.62 Å². The van der Waals surface area contributed by atoms with Gasteiger partial charge in [0.2, 0.25) is 10.0 Å². The fourth-order valence-corrected chi connectivity index (χ4v) is 7.28. The molecule has 0 radical (unpaired) electrons. The van der Waals surface area contributed by atoms with Gasteiger partial charge in [0.05, 0.1) is 27.7 Å². The maximum atomic E-state index is 13.7. The van der Waals surface area contributed by atoms with Crippen LogP contribution in [0, 0.1) is 5.82 Å². The Labute approximate surface area is 252 Å². The summed E-state index contributed by atoms with van der Waals surface area (Å²) in [6.07, 6.45) is 2.57. The highest BCUT2D eigenvalue weighted by Crippen LogP contribution is 2.42. The Morgan fingerprint density at radius 1 is 1.14 bits per heavy atom. The Morgan fingerprint density at radius 3 is 2.56 bits per heavy atom. The summed E-state index contributed by atoms with van der Waals surface area (Å²) in [6, 6.07) is 13.0. The van der Waals surface area contributed by atoms with Crippen molar-refractivity contribution in [1.82, 2.24) is 14.8 Å². The number of fused-ring (bicyclic) bond motifs is 2. The molecule has 1 fully saturated rings. The Kier molecular flexibility index (Phi) is 7.29. The van der Waals surface area contributed by atoms with E-state index in [0.717, 1.165) is 29.3 Å². The molecule has 2 aromatic carbocycles. The first-order chi connectivity index (χ1) is 20.5. The van der Waals surface area contributed by atoms with E-state index in [4.69, 9.17) is 4.42 Å². The number of nitrogens with zero attached hydrogens (tertiary/aromatic N) is 3. The molecule has 12 heteroatoms. The lowest BCUT2D eigenvalue weighted by Crippen LogP contribution is -2.40. The average Bonchev–Trinajstić information content (AvgIpc) is 3.69.